The number of aryl methyl sites for hydroxylation is 1. The van der Waals surface area contributed by atoms with Crippen molar-refractivity contribution in [1.29, 1.82) is 0 Å². The van der Waals surface area contributed by atoms with Crippen LogP contribution in [0, 0.1) is 6.92 Å². The molecule has 0 bridgehead atoms. The number of rotatable bonds is 6. The first-order valence-corrected chi connectivity index (χ1v) is 10.4. The van der Waals surface area contributed by atoms with E-state index in [0.29, 0.717) is 12.4 Å². The maximum absolute atomic E-state index is 12.5. The average Bonchev–Trinajstić information content (AvgIpc) is 2.88. The molecular formula is C25H30N4O2. The van der Waals surface area contributed by atoms with Crippen molar-refractivity contribution in [3.8, 4) is 5.75 Å². The molecule has 3 rings (SSSR count). The number of amidine groups is 1. The molecule has 1 atom stereocenters. The molecule has 1 unspecified atom stereocenters. The molecule has 0 fully saturated rings. The topological polar surface area (TPSA) is 66.3 Å². The number of allylic oxidation sites excluding steroid dienone is 1. The van der Waals surface area contributed by atoms with E-state index in [-0.39, 0.29) is 12.3 Å². The Labute approximate surface area is 184 Å². The third-order valence-corrected chi connectivity index (χ3v) is 5.20. The second-order valence-corrected chi connectivity index (χ2v) is 7.55. The monoisotopic (exact) mass is 418 g/mol. The molecule has 1 heterocycles. The molecule has 162 valence electrons. The van der Waals surface area contributed by atoms with Crippen LogP contribution < -0.4 is 15.0 Å². The molecule has 1 N–H and O–H groups in total. The number of aliphatic imine (C=N–C) groups is 2. The maximum atomic E-state index is 12.5. The Balaban J connectivity index is 2.28. The highest BCUT2D eigenvalue weighted by Gasteiger charge is 2.32. The molecule has 1 aliphatic rings. The number of ether oxygens (including phenoxy) is 1. The van der Waals surface area contributed by atoms with Crippen LogP contribution in [0.3, 0.4) is 0 Å². The summed E-state index contributed by atoms with van der Waals surface area (Å²) in [7, 11) is 3.38. The molecule has 0 radical (unpaired) electrons. The smallest absolute Gasteiger partial charge is 0.222 e. The Morgan fingerprint density at radius 2 is 1.97 bits per heavy atom. The summed E-state index contributed by atoms with van der Waals surface area (Å²) < 4.78 is 5.51. The number of benzene rings is 2. The average molecular weight is 419 g/mol. The summed E-state index contributed by atoms with van der Waals surface area (Å²) in [4.78, 5) is 24.2. The SMILES string of the molecule is C=C(C)N1C(=NC)C(CC(=O)NCC)N=C(c2ccc(C)cc2)c2cc(OC)ccc21. The lowest BCUT2D eigenvalue weighted by molar-refractivity contribution is -0.121. The summed E-state index contributed by atoms with van der Waals surface area (Å²) in [5.41, 5.74) is 5.56. The minimum Gasteiger partial charge on any atom is -0.497 e. The highest BCUT2D eigenvalue weighted by atomic mass is 16.5. The molecule has 31 heavy (non-hydrogen) atoms. The van der Waals surface area contributed by atoms with Gasteiger partial charge in [-0.3, -0.25) is 14.8 Å². The van der Waals surface area contributed by atoms with Gasteiger partial charge in [0.2, 0.25) is 5.91 Å². The summed E-state index contributed by atoms with van der Waals surface area (Å²) in [6, 6.07) is 13.7. The van der Waals surface area contributed by atoms with E-state index >= 15 is 0 Å². The second kappa shape index (κ2) is 9.60. The minimum atomic E-state index is -0.456. The first kappa shape index (κ1) is 22.3. The lowest BCUT2D eigenvalue weighted by Crippen LogP contribution is -2.39. The van der Waals surface area contributed by atoms with Gasteiger partial charge in [-0.15, -0.1) is 0 Å². The van der Waals surface area contributed by atoms with Gasteiger partial charge in [-0.2, -0.15) is 0 Å². The van der Waals surface area contributed by atoms with Gasteiger partial charge < -0.3 is 15.0 Å². The Morgan fingerprint density at radius 1 is 1.26 bits per heavy atom. The predicted molar refractivity (Wildman–Crippen MR) is 128 cm³/mol. The molecule has 2 aromatic carbocycles. The zero-order valence-electron chi connectivity index (χ0n) is 18.9. The van der Waals surface area contributed by atoms with Gasteiger partial charge in [0, 0.05) is 30.4 Å². The number of carbonyl (C=O) groups excluding carboxylic acids is 1. The number of nitrogens with one attached hydrogen (secondary N) is 1. The Bertz CT molecular complexity index is 1040. The van der Waals surface area contributed by atoms with Crippen molar-refractivity contribution >= 4 is 23.1 Å². The number of hydrogen-bond donors (Lipinski definition) is 1. The molecule has 2 aromatic rings. The fraction of sp³-hybridized carbons (Fsp3) is 0.320. The summed E-state index contributed by atoms with van der Waals surface area (Å²) in [5.74, 6) is 1.36. The molecule has 0 saturated carbocycles. The fourth-order valence-electron chi connectivity index (χ4n) is 3.76. The van der Waals surface area contributed by atoms with Crippen molar-refractivity contribution in [2.45, 2.75) is 33.2 Å². The highest BCUT2D eigenvalue weighted by Crippen LogP contribution is 2.34. The number of anilines is 1. The number of benzodiazepines with no additional fused rings is 1. The van der Waals surface area contributed by atoms with Gasteiger partial charge in [-0.05, 0) is 39.0 Å². The lowest BCUT2D eigenvalue weighted by Gasteiger charge is -2.28. The molecule has 6 nitrogen and oxygen atoms in total. The molecule has 0 spiro atoms. The third-order valence-electron chi connectivity index (χ3n) is 5.20. The van der Waals surface area contributed by atoms with Crippen LogP contribution in [0.4, 0.5) is 5.69 Å². The Morgan fingerprint density at radius 3 is 2.55 bits per heavy atom. The van der Waals surface area contributed by atoms with E-state index in [1.165, 1.54) is 5.56 Å². The number of carbonyl (C=O) groups is 1. The fourth-order valence-corrected chi connectivity index (χ4v) is 3.76. The number of nitrogens with zero attached hydrogens (tertiary/aromatic N) is 3. The quantitative estimate of drug-likeness (QED) is 0.767. The van der Waals surface area contributed by atoms with Crippen LogP contribution in [0.5, 0.6) is 5.75 Å². The van der Waals surface area contributed by atoms with Gasteiger partial charge in [-0.25, -0.2) is 0 Å². The van der Waals surface area contributed by atoms with E-state index in [1.807, 2.05) is 36.9 Å². The van der Waals surface area contributed by atoms with E-state index in [4.69, 9.17) is 9.73 Å². The van der Waals surface area contributed by atoms with Crippen molar-refractivity contribution < 1.29 is 9.53 Å². The number of hydrogen-bond acceptors (Lipinski definition) is 4. The first-order chi connectivity index (χ1) is 14.9. The van der Waals surface area contributed by atoms with E-state index in [2.05, 4.69) is 48.1 Å². The largest absolute Gasteiger partial charge is 0.497 e. The molecule has 1 amide bonds. The third kappa shape index (κ3) is 4.68. The van der Waals surface area contributed by atoms with Crippen molar-refractivity contribution in [3.63, 3.8) is 0 Å². The van der Waals surface area contributed by atoms with Crippen molar-refractivity contribution in [2.75, 3.05) is 25.6 Å². The highest BCUT2D eigenvalue weighted by molar-refractivity contribution is 6.22. The van der Waals surface area contributed by atoms with Crippen LogP contribution >= 0.6 is 0 Å². The van der Waals surface area contributed by atoms with Crippen molar-refractivity contribution in [3.05, 3.63) is 71.4 Å². The number of fused-ring (bicyclic) bond motifs is 1. The van der Waals surface area contributed by atoms with Gasteiger partial charge in [0.1, 0.15) is 17.6 Å². The van der Waals surface area contributed by atoms with Crippen LogP contribution in [0.15, 0.2) is 64.7 Å². The normalized spacial score (nSPS) is 16.9. The van der Waals surface area contributed by atoms with Gasteiger partial charge in [-0.1, -0.05) is 36.4 Å². The molecule has 0 saturated heterocycles. The molecule has 6 heteroatoms. The molecule has 0 aliphatic carbocycles. The first-order valence-electron chi connectivity index (χ1n) is 10.4. The predicted octanol–water partition coefficient (Wildman–Crippen LogP) is 4.12. The lowest BCUT2D eigenvalue weighted by atomic mass is 9.99. The van der Waals surface area contributed by atoms with Crippen LogP contribution in [0.1, 0.15) is 37.0 Å². The van der Waals surface area contributed by atoms with E-state index in [1.54, 1.807) is 14.2 Å². The molecular weight excluding hydrogens is 388 g/mol. The van der Waals surface area contributed by atoms with Crippen LogP contribution in [-0.4, -0.2) is 44.2 Å². The Hall–Kier alpha value is -3.41. The number of methoxy groups -OCH3 is 1. The zero-order chi connectivity index (χ0) is 22.5. The second-order valence-electron chi connectivity index (χ2n) is 7.55. The molecule has 1 aliphatic heterocycles. The van der Waals surface area contributed by atoms with E-state index in [0.717, 1.165) is 34.0 Å². The van der Waals surface area contributed by atoms with Gasteiger partial charge in [0.05, 0.1) is 24.9 Å². The van der Waals surface area contributed by atoms with Crippen LogP contribution in [0.2, 0.25) is 0 Å². The van der Waals surface area contributed by atoms with Gasteiger partial charge in [0.25, 0.3) is 0 Å². The standard InChI is InChI=1S/C25H30N4O2/c1-7-27-23(30)15-21-25(26-5)29(16(2)3)22-13-12-19(31-6)14-20(22)24(28-21)18-10-8-17(4)9-11-18/h8-14,21H,2,7,15H2,1,3-6H3,(H,27,30). The summed E-state index contributed by atoms with van der Waals surface area (Å²) in [5, 5.41) is 2.88. The van der Waals surface area contributed by atoms with E-state index in [9.17, 15) is 4.79 Å². The van der Waals surface area contributed by atoms with E-state index < -0.39 is 6.04 Å². The number of amides is 1. The maximum Gasteiger partial charge on any atom is 0.222 e. The Kier molecular flexibility index (Phi) is 6.90. The zero-order valence-corrected chi connectivity index (χ0v) is 18.9. The summed E-state index contributed by atoms with van der Waals surface area (Å²) in [6.45, 7) is 10.6. The molecule has 0 aromatic heterocycles. The van der Waals surface area contributed by atoms with Crippen LogP contribution in [0.25, 0.3) is 0 Å². The van der Waals surface area contributed by atoms with Gasteiger partial charge in [0.15, 0.2) is 0 Å². The van der Waals surface area contributed by atoms with Crippen molar-refractivity contribution in [2.24, 2.45) is 9.98 Å². The summed E-state index contributed by atoms with van der Waals surface area (Å²) in [6.07, 6.45) is 0.199. The van der Waals surface area contributed by atoms with Crippen molar-refractivity contribution in [1.82, 2.24) is 5.32 Å². The summed E-state index contributed by atoms with van der Waals surface area (Å²) >= 11 is 0. The van der Waals surface area contributed by atoms with Gasteiger partial charge >= 0.3 is 0 Å². The minimum absolute atomic E-state index is 0.0640. The van der Waals surface area contributed by atoms with Crippen LogP contribution in [-0.2, 0) is 4.79 Å².